The molecule has 2 N–H and O–H groups in total. The Hall–Kier alpha value is -2.78. The second-order valence-corrected chi connectivity index (χ2v) is 7.40. The minimum atomic E-state index is -3.92. The van der Waals surface area contributed by atoms with Gasteiger partial charge in [-0.15, -0.1) is 4.83 Å². The van der Waals surface area contributed by atoms with Crippen LogP contribution in [-0.4, -0.2) is 35.7 Å². The normalized spacial score (nSPS) is 11.0. The summed E-state index contributed by atoms with van der Waals surface area (Å²) in [7, 11) is 0.362. The average Bonchev–Trinajstić information content (AvgIpc) is 2.66. The van der Waals surface area contributed by atoms with E-state index in [1.165, 1.54) is 45.6 Å². The van der Waals surface area contributed by atoms with Crippen molar-refractivity contribution in [2.24, 2.45) is 0 Å². The quantitative estimate of drug-likeness (QED) is 0.696. The van der Waals surface area contributed by atoms with Gasteiger partial charge in [0.05, 0.1) is 26.2 Å². The Morgan fingerprint density at radius 3 is 1.96 bits per heavy atom. The van der Waals surface area contributed by atoms with Crippen LogP contribution in [0.25, 0.3) is 0 Å². The van der Waals surface area contributed by atoms with Crippen LogP contribution in [0.1, 0.15) is 21.5 Å². The number of amides is 1. The molecular formula is C18H22N2O6S. The molecule has 0 spiro atoms. The molecule has 0 heterocycles. The summed E-state index contributed by atoms with van der Waals surface area (Å²) < 4.78 is 40.3. The SMILES string of the molecule is COc1cc(C(=O)NNS(=O)(=O)c2ccc(C)c(C)c2)cc(OC)c1OC. The summed E-state index contributed by atoms with van der Waals surface area (Å²) in [5.74, 6) is 0.201. The maximum absolute atomic E-state index is 12.4. The van der Waals surface area contributed by atoms with Gasteiger partial charge in [0.25, 0.3) is 15.9 Å². The van der Waals surface area contributed by atoms with Crippen LogP contribution < -0.4 is 24.5 Å². The van der Waals surface area contributed by atoms with E-state index in [1.54, 1.807) is 6.07 Å². The lowest BCUT2D eigenvalue weighted by atomic mass is 10.1. The molecule has 2 aromatic carbocycles. The van der Waals surface area contributed by atoms with Crippen molar-refractivity contribution in [3.8, 4) is 17.2 Å². The summed E-state index contributed by atoms with van der Waals surface area (Å²) in [6.45, 7) is 3.69. The first-order valence-electron chi connectivity index (χ1n) is 7.93. The Morgan fingerprint density at radius 2 is 1.48 bits per heavy atom. The highest BCUT2D eigenvalue weighted by Gasteiger charge is 2.19. The Bertz CT molecular complexity index is 931. The molecule has 1 amide bonds. The monoisotopic (exact) mass is 394 g/mol. The summed E-state index contributed by atoms with van der Waals surface area (Å²) in [5.41, 5.74) is 4.11. The summed E-state index contributed by atoms with van der Waals surface area (Å²) in [5, 5.41) is 0. The zero-order valence-electron chi connectivity index (χ0n) is 15.7. The summed E-state index contributed by atoms with van der Waals surface area (Å²) in [4.78, 5) is 14.5. The number of carbonyl (C=O) groups is 1. The van der Waals surface area contributed by atoms with Crippen LogP contribution in [0.3, 0.4) is 0 Å². The second kappa shape index (κ2) is 8.28. The van der Waals surface area contributed by atoms with Gasteiger partial charge < -0.3 is 14.2 Å². The van der Waals surface area contributed by atoms with Gasteiger partial charge in [0, 0.05) is 5.56 Å². The van der Waals surface area contributed by atoms with Gasteiger partial charge in [-0.05, 0) is 49.2 Å². The number of ether oxygens (including phenoxy) is 3. The number of hydrogen-bond donors (Lipinski definition) is 2. The molecule has 2 aromatic rings. The van der Waals surface area contributed by atoms with Crippen LogP contribution in [0, 0.1) is 13.8 Å². The first-order chi connectivity index (χ1) is 12.7. The van der Waals surface area contributed by atoms with Crippen molar-refractivity contribution in [3.63, 3.8) is 0 Å². The molecule has 0 aliphatic rings. The van der Waals surface area contributed by atoms with Crippen LogP contribution in [0.5, 0.6) is 17.2 Å². The Morgan fingerprint density at radius 1 is 0.889 bits per heavy atom. The number of sulfonamides is 1. The van der Waals surface area contributed by atoms with Crippen molar-refractivity contribution in [1.29, 1.82) is 0 Å². The zero-order valence-corrected chi connectivity index (χ0v) is 16.6. The molecule has 9 heteroatoms. The van der Waals surface area contributed by atoms with Gasteiger partial charge in [0.2, 0.25) is 5.75 Å². The highest BCUT2D eigenvalue weighted by atomic mass is 32.2. The molecule has 146 valence electrons. The van der Waals surface area contributed by atoms with Crippen molar-refractivity contribution < 1.29 is 27.4 Å². The largest absolute Gasteiger partial charge is 0.493 e. The van der Waals surface area contributed by atoms with E-state index in [2.05, 4.69) is 10.3 Å². The van der Waals surface area contributed by atoms with Gasteiger partial charge >= 0.3 is 0 Å². The van der Waals surface area contributed by atoms with Crippen molar-refractivity contribution in [3.05, 3.63) is 47.0 Å². The highest BCUT2D eigenvalue weighted by Crippen LogP contribution is 2.38. The fourth-order valence-corrected chi connectivity index (χ4v) is 3.26. The number of rotatable bonds is 7. The molecule has 0 aliphatic carbocycles. The molecule has 0 fully saturated rings. The zero-order chi connectivity index (χ0) is 20.2. The average molecular weight is 394 g/mol. The predicted octanol–water partition coefficient (Wildman–Crippen LogP) is 1.95. The van der Waals surface area contributed by atoms with Crippen LogP contribution in [-0.2, 0) is 10.0 Å². The third kappa shape index (κ3) is 4.50. The van der Waals surface area contributed by atoms with Crippen LogP contribution in [0.4, 0.5) is 0 Å². The van der Waals surface area contributed by atoms with Gasteiger partial charge in [-0.25, -0.2) is 8.42 Å². The maximum atomic E-state index is 12.4. The fourth-order valence-electron chi connectivity index (χ4n) is 2.34. The topological polar surface area (TPSA) is 103 Å². The van der Waals surface area contributed by atoms with Gasteiger partial charge in [-0.3, -0.25) is 10.2 Å². The predicted molar refractivity (Wildman–Crippen MR) is 99.8 cm³/mol. The van der Waals surface area contributed by atoms with E-state index >= 15 is 0 Å². The molecule has 8 nitrogen and oxygen atoms in total. The van der Waals surface area contributed by atoms with Gasteiger partial charge in [0.15, 0.2) is 11.5 Å². The molecule has 0 atom stereocenters. The lowest BCUT2D eigenvalue weighted by Crippen LogP contribution is -2.41. The van der Waals surface area contributed by atoms with Crippen molar-refractivity contribution in [1.82, 2.24) is 10.3 Å². The van der Waals surface area contributed by atoms with E-state index in [0.29, 0.717) is 5.75 Å². The van der Waals surface area contributed by atoms with E-state index in [-0.39, 0.29) is 22.0 Å². The number of aryl methyl sites for hydroxylation is 2. The molecule has 0 saturated carbocycles. The van der Waals surface area contributed by atoms with E-state index in [1.807, 2.05) is 13.8 Å². The highest BCUT2D eigenvalue weighted by molar-refractivity contribution is 7.89. The molecule has 27 heavy (non-hydrogen) atoms. The van der Waals surface area contributed by atoms with Crippen LogP contribution in [0.2, 0.25) is 0 Å². The molecule has 2 rings (SSSR count). The number of benzene rings is 2. The summed E-state index contributed by atoms with van der Waals surface area (Å²) in [6.07, 6.45) is 0. The second-order valence-electron chi connectivity index (χ2n) is 5.72. The fraction of sp³-hybridized carbons (Fsp3) is 0.278. The lowest BCUT2D eigenvalue weighted by Gasteiger charge is -2.14. The molecule has 0 saturated heterocycles. The van der Waals surface area contributed by atoms with E-state index in [4.69, 9.17) is 14.2 Å². The van der Waals surface area contributed by atoms with Crippen molar-refractivity contribution in [2.45, 2.75) is 18.7 Å². The first kappa shape index (κ1) is 20.5. The van der Waals surface area contributed by atoms with Gasteiger partial charge in [-0.2, -0.15) is 0 Å². The molecule has 0 aromatic heterocycles. The molecular weight excluding hydrogens is 372 g/mol. The number of hydrazine groups is 1. The summed E-state index contributed by atoms with van der Waals surface area (Å²) >= 11 is 0. The minimum Gasteiger partial charge on any atom is -0.493 e. The maximum Gasteiger partial charge on any atom is 0.266 e. The molecule has 0 aliphatic heterocycles. The van der Waals surface area contributed by atoms with Crippen molar-refractivity contribution in [2.75, 3.05) is 21.3 Å². The Kier molecular flexibility index (Phi) is 6.29. The van der Waals surface area contributed by atoms with E-state index in [9.17, 15) is 13.2 Å². The third-order valence-corrected chi connectivity index (χ3v) is 5.26. The lowest BCUT2D eigenvalue weighted by molar-refractivity contribution is 0.0944. The Labute approximate surface area is 158 Å². The third-order valence-electron chi connectivity index (χ3n) is 4.01. The number of carbonyl (C=O) groups excluding carboxylic acids is 1. The van der Waals surface area contributed by atoms with Gasteiger partial charge in [-0.1, -0.05) is 6.07 Å². The van der Waals surface area contributed by atoms with Crippen molar-refractivity contribution >= 4 is 15.9 Å². The minimum absolute atomic E-state index is 0.0517. The number of hydrogen-bond acceptors (Lipinski definition) is 6. The Balaban J connectivity index is 2.23. The summed E-state index contributed by atoms with van der Waals surface area (Å²) in [6, 6.07) is 7.53. The molecule has 0 unspecified atom stereocenters. The number of methoxy groups -OCH3 is 3. The van der Waals surface area contributed by atoms with Crippen LogP contribution in [0.15, 0.2) is 35.2 Å². The number of nitrogens with one attached hydrogen (secondary N) is 2. The van der Waals surface area contributed by atoms with Gasteiger partial charge in [0.1, 0.15) is 0 Å². The molecule has 0 bridgehead atoms. The van der Waals surface area contributed by atoms with E-state index < -0.39 is 15.9 Å². The first-order valence-corrected chi connectivity index (χ1v) is 9.41. The smallest absolute Gasteiger partial charge is 0.266 e. The van der Waals surface area contributed by atoms with E-state index in [0.717, 1.165) is 11.1 Å². The van der Waals surface area contributed by atoms with Crippen LogP contribution >= 0.6 is 0 Å². The standard InChI is InChI=1S/C18H22N2O6S/c1-11-6-7-14(8-12(11)2)27(22,23)20-19-18(21)13-9-15(24-3)17(26-5)16(10-13)25-4/h6-10,20H,1-5H3,(H,19,21). The molecule has 0 radical (unpaired) electrons.